The zero-order valence-electron chi connectivity index (χ0n) is 27.5. The van der Waals surface area contributed by atoms with Crippen LogP contribution in [0.25, 0.3) is 0 Å². The minimum Gasteiger partial charge on any atom is -0.413 e. The van der Waals surface area contributed by atoms with Gasteiger partial charge in [-0.3, -0.25) is 0 Å². The van der Waals surface area contributed by atoms with Crippen molar-refractivity contribution in [2.75, 3.05) is 0 Å². The maximum absolute atomic E-state index is 11.7. The Morgan fingerprint density at radius 2 is 1.56 bits per heavy atom. The van der Waals surface area contributed by atoms with Gasteiger partial charge in [0, 0.05) is 12.3 Å². The molecule has 39 heavy (non-hydrogen) atoms. The predicted molar refractivity (Wildman–Crippen MR) is 172 cm³/mol. The van der Waals surface area contributed by atoms with Gasteiger partial charge in [0.15, 0.2) is 16.6 Å². The molecule has 0 N–H and O–H groups in total. The van der Waals surface area contributed by atoms with Crippen LogP contribution in [0.5, 0.6) is 0 Å². The molecule has 3 saturated carbocycles. The zero-order chi connectivity index (χ0) is 29.6. The van der Waals surface area contributed by atoms with E-state index in [9.17, 15) is 4.79 Å². The lowest BCUT2D eigenvalue weighted by molar-refractivity contribution is -0.113. The summed E-state index contributed by atoms with van der Waals surface area (Å²) in [5, 5.41) is 0.323. The summed E-state index contributed by atoms with van der Waals surface area (Å²) in [7, 11) is -3.89. The fourth-order valence-electron chi connectivity index (χ4n) is 7.00. The minimum atomic E-state index is -1.97. The van der Waals surface area contributed by atoms with Crippen LogP contribution < -0.4 is 0 Å². The van der Waals surface area contributed by atoms with E-state index in [2.05, 4.69) is 100 Å². The maximum Gasteiger partial charge on any atom is 0.192 e. The van der Waals surface area contributed by atoms with Gasteiger partial charge in [0.25, 0.3) is 0 Å². The first-order valence-corrected chi connectivity index (χ1v) is 21.4. The second-order valence-electron chi connectivity index (χ2n) is 16.4. The molecule has 3 nitrogen and oxygen atoms in total. The molecule has 0 unspecified atom stereocenters. The molecule has 5 heteroatoms. The van der Waals surface area contributed by atoms with Crippen LogP contribution in [-0.4, -0.2) is 35.1 Å². The second-order valence-corrected chi connectivity index (χ2v) is 25.9. The van der Waals surface area contributed by atoms with Crippen molar-refractivity contribution in [1.82, 2.24) is 0 Å². The zero-order valence-corrected chi connectivity index (χ0v) is 29.5. The van der Waals surface area contributed by atoms with Crippen molar-refractivity contribution in [3.8, 4) is 0 Å². The Bertz CT molecular complexity index is 977. The highest BCUT2D eigenvalue weighted by atomic mass is 28.4. The molecule has 3 rings (SSSR count). The number of fused-ring (bicyclic) bond motifs is 1. The maximum atomic E-state index is 11.7. The summed E-state index contributed by atoms with van der Waals surface area (Å²) in [6.45, 7) is 32.6. The monoisotopic (exact) mass is 572 g/mol. The van der Waals surface area contributed by atoms with Crippen molar-refractivity contribution in [1.29, 1.82) is 0 Å². The fourth-order valence-corrected chi connectivity index (χ4v) is 9.67. The molecule has 222 valence electrons. The number of carbonyl (C=O) groups is 1. The third-order valence-electron chi connectivity index (χ3n) is 11.6. The third-order valence-corrected chi connectivity index (χ3v) is 20.6. The van der Waals surface area contributed by atoms with Gasteiger partial charge in [-0.05, 0) is 103 Å². The summed E-state index contributed by atoms with van der Waals surface area (Å²) in [5.74, 6) is 1.24. The summed E-state index contributed by atoms with van der Waals surface area (Å²) in [6, 6.07) is 0. The van der Waals surface area contributed by atoms with Gasteiger partial charge in [0.1, 0.15) is 6.29 Å². The average Bonchev–Trinajstić information content (AvgIpc) is 3.15. The summed E-state index contributed by atoms with van der Waals surface area (Å²) in [4.78, 5) is 11.7. The molecule has 0 aromatic carbocycles. The molecule has 0 amide bonds. The first kappa shape index (κ1) is 32.8. The molecule has 0 bridgehead atoms. The summed E-state index contributed by atoms with van der Waals surface area (Å²) >= 11 is 0. The van der Waals surface area contributed by atoms with Crippen molar-refractivity contribution in [2.45, 2.75) is 149 Å². The molecule has 0 aliphatic heterocycles. The first-order chi connectivity index (χ1) is 17.7. The topological polar surface area (TPSA) is 35.5 Å². The molecule has 3 aliphatic carbocycles. The summed E-state index contributed by atoms with van der Waals surface area (Å²) in [5.41, 5.74) is 4.29. The predicted octanol–water partition coefficient (Wildman–Crippen LogP) is 10.0. The lowest BCUT2D eigenvalue weighted by Crippen LogP contribution is -2.49. The molecular weight excluding hydrogens is 513 g/mol. The number of aldehydes is 1. The third kappa shape index (κ3) is 6.84. The Balaban J connectivity index is 1.93. The molecule has 0 aromatic heterocycles. The van der Waals surface area contributed by atoms with Gasteiger partial charge < -0.3 is 13.6 Å². The van der Waals surface area contributed by atoms with Gasteiger partial charge in [-0.15, -0.1) is 0 Å². The van der Waals surface area contributed by atoms with E-state index < -0.39 is 16.6 Å². The van der Waals surface area contributed by atoms with Crippen molar-refractivity contribution in [2.24, 2.45) is 23.2 Å². The largest absolute Gasteiger partial charge is 0.413 e. The normalized spacial score (nSPS) is 33.9. The highest BCUT2D eigenvalue weighted by Gasteiger charge is 2.51. The Kier molecular flexibility index (Phi) is 9.65. The van der Waals surface area contributed by atoms with E-state index in [-0.39, 0.29) is 33.6 Å². The van der Waals surface area contributed by atoms with E-state index in [1.807, 2.05) is 0 Å². The lowest BCUT2D eigenvalue weighted by Gasteiger charge is -2.45. The highest BCUT2D eigenvalue weighted by Crippen LogP contribution is 2.59. The van der Waals surface area contributed by atoms with Gasteiger partial charge >= 0.3 is 0 Å². The quantitative estimate of drug-likeness (QED) is 0.225. The molecule has 6 atom stereocenters. The Labute approximate surface area is 243 Å². The molecule has 0 spiro atoms. The molecule has 0 aromatic rings. The molecular formula is C34H60O3Si2. The van der Waals surface area contributed by atoms with Crippen LogP contribution in [0, 0.1) is 23.2 Å². The summed E-state index contributed by atoms with van der Waals surface area (Å²) in [6.07, 6.45) is 14.0. The van der Waals surface area contributed by atoms with Gasteiger partial charge in [-0.1, -0.05) is 79.7 Å². The first-order valence-electron chi connectivity index (χ1n) is 15.6. The average molecular weight is 573 g/mol. The number of rotatable bonds is 7. The van der Waals surface area contributed by atoms with Crippen molar-refractivity contribution in [3.63, 3.8) is 0 Å². The van der Waals surface area contributed by atoms with E-state index in [4.69, 9.17) is 8.85 Å². The minimum absolute atomic E-state index is 0.0139. The summed E-state index contributed by atoms with van der Waals surface area (Å²) < 4.78 is 14.0. The SMILES string of the molecule is C=C1/C(=C\C=C2/CCC[C@]3(C)[C@@H]([C@@H](C)C=O)CC[C@@H]23)C[C@@H](O[Si](C)(C)C(C)(C)C)C[C@@H]1O[Si](C)(C)C(C)(C)C. The van der Waals surface area contributed by atoms with Crippen LogP contribution in [0.4, 0.5) is 0 Å². The van der Waals surface area contributed by atoms with Gasteiger partial charge in [-0.2, -0.15) is 0 Å². The molecule has 0 radical (unpaired) electrons. The Morgan fingerprint density at radius 3 is 2.13 bits per heavy atom. The fraction of sp³-hybridized carbons (Fsp3) is 0.794. The smallest absolute Gasteiger partial charge is 0.192 e. The van der Waals surface area contributed by atoms with E-state index >= 15 is 0 Å². The van der Waals surface area contributed by atoms with Crippen molar-refractivity contribution in [3.05, 3.63) is 35.5 Å². The van der Waals surface area contributed by atoms with Gasteiger partial charge in [-0.25, -0.2) is 0 Å². The highest BCUT2D eigenvalue weighted by molar-refractivity contribution is 6.74. The lowest BCUT2D eigenvalue weighted by atomic mass is 9.61. The van der Waals surface area contributed by atoms with Gasteiger partial charge in [0.2, 0.25) is 0 Å². The number of hydrogen-bond acceptors (Lipinski definition) is 3. The van der Waals surface area contributed by atoms with E-state index in [1.165, 1.54) is 44.0 Å². The van der Waals surface area contributed by atoms with Crippen LogP contribution in [0.2, 0.25) is 36.3 Å². The van der Waals surface area contributed by atoms with Crippen LogP contribution in [0.3, 0.4) is 0 Å². The van der Waals surface area contributed by atoms with Crippen LogP contribution in [-0.2, 0) is 13.6 Å². The van der Waals surface area contributed by atoms with Crippen LogP contribution in [0.1, 0.15) is 100 Å². The number of hydrogen-bond donors (Lipinski definition) is 0. The Morgan fingerprint density at radius 1 is 0.974 bits per heavy atom. The van der Waals surface area contributed by atoms with Crippen LogP contribution >= 0.6 is 0 Å². The molecule has 3 fully saturated rings. The molecule has 3 aliphatic rings. The van der Waals surface area contributed by atoms with Crippen molar-refractivity contribution >= 4 is 22.9 Å². The standard InChI is InChI=1S/C34H60O3Si2/c1-24(23-35)29-18-19-30-26(15-14-20-34(29,30)9)16-17-27-21-28(36-38(10,11)32(3,4)5)22-31(25(27)2)37-39(12,13)33(6,7)8/h16-17,23-24,28-31H,2,14-15,18-22H2,1,3-13H3/b26-16+,27-17-/t24-,28+,29+,30-,31-,34+/m0/s1. The van der Waals surface area contributed by atoms with E-state index in [0.29, 0.717) is 11.8 Å². The van der Waals surface area contributed by atoms with Crippen LogP contribution in [0.15, 0.2) is 35.5 Å². The second kappa shape index (κ2) is 11.5. The van der Waals surface area contributed by atoms with Gasteiger partial charge in [0.05, 0.1) is 12.2 Å². The molecule has 0 heterocycles. The Hall–Kier alpha value is -0.756. The molecule has 0 saturated heterocycles. The van der Waals surface area contributed by atoms with E-state index in [1.54, 1.807) is 5.57 Å². The van der Waals surface area contributed by atoms with Crippen molar-refractivity contribution < 1.29 is 13.6 Å². The number of carbonyl (C=O) groups excluding carboxylic acids is 1. The number of allylic oxidation sites excluding steroid dienone is 3. The van der Waals surface area contributed by atoms with E-state index in [0.717, 1.165) is 18.4 Å².